The number of ether oxygens (including phenoxy) is 2. The second-order valence-electron chi connectivity index (χ2n) is 5.96. The molecule has 0 atom stereocenters. The Morgan fingerprint density at radius 1 is 1.32 bits per heavy atom. The lowest BCUT2D eigenvalue weighted by molar-refractivity contribution is 0.0938. The van der Waals surface area contributed by atoms with E-state index in [1.807, 2.05) is 0 Å². The summed E-state index contributed by atoms with van der Waals surface area (Å²) in [6, 6.07) is 1.68. The third-order valence-electron chi connectivity index (χ3n) is 3.62. The van der Waals surface area contributed by atoms with Crippen molar-refractivity contribution in [1.82, 2.24) is 9.97 Å². The molecule has 0 aliphatic heterocycles. The summed E-state index contributed by atoms with van der Waals surface area (Å²) in [7, 11) is 1.61. The molecule has 1 aromatic heterocycles. The Morgan fingerprint density at radius 2 is 2.00 bits per heavy atom. The van der Waals surface area contributed by atoms with E-state index in [0.717, 1.165) is 12.8 Å². The summed E-state index contributed by atoms with van der Waals surface area (Å²) in [6.45, 7) is 4.96. The second kappa shape index (κ2) is 5.74. The number of hydrogen-bond acceptors (Lipinski definition) is 5. The van der Waals surface area contributed by atoms with E-state index < -0.39 is 0 Å². The summed E-state index contributed by atoms with van der Waals surface area (Å²) in [5.41, 5.74) is 6.19. The molecule has 19 heavy (non-hydrogen) atoms. The van der Waals surface area contributed by atoms with Crippen LogP contribution in [0.5, 0.6) is 5.88 Å². The zero-order chi connectivity index (χ0) is 13.9. The van der Waals surface area contributed by atoms with Crippen molar-refractivity contribution in [3.8, 4) is 5.88 Å². The van der Waals surface area contributed by atoms with Crippen LogP contribution in [-0.2, 0) is 11.3 Å². The van der Waals surface area contributed by atoms with Gasteiger partial charge in [0.1, 0.15) is 18.5 Å². The summed E-state index contributed by atoms with van der Waals surface area (Å²) >= 11 is 0. The topological polar surface area (TPSA) is 70.3 Å². The molecule has 2 rings (SSSR count). The first-order valence-corrected chi connectivity index (χ1v) is 6.77. The SMILES string of the molecule is COCc1nc(N)cc(OC2CCC(C)(C)CC2)n1. The first-order chi connectivity index (χ1) is 8.98. The minimum atomic E-state index is 0.234. The maximum absolute atomic E-state index is 5.93. The zero-order valence-corrected chi connectivity index (χ0v) is 12.0. The van der Waals surface area contributed by atoms with Crippen LogP contribution in [0, 0.1) is 5.41 Å². The monoisotopic (exact) mass is 265 g/mol. The van der Waals surface area contributed by atoms with Gasteiger partial charge in [-0.05, 0) is 31.1 Å². The molecule has 1 fully saturated rings. The number of nitrogens with two attached hydrogens (primary N) is 1. The summed E-state index contributed by atoms with van der Waals surface area (Å²) < 4.78 is 10.9. The molecule has 0 radical (unpaired) electrons. The van der Waals surface area contributed by atoms with Crippen LogP contribution in [0.4, 0.5) is 5.82 Å². The van der Waals surface area contributed by atoms with Crippen LogP contribution >= 0.6 is 0 Å². The Kier molecular flexibility index (Phi) is 4.24. The van der Waals surface area contributed by atoms with Crippen LogP contribution < -0.4 is 10.5 Å². The van der Waals surface area contributed by atoms with Gasteiger partial charge in [-0.2, -0.15) is 4.98 Å². The lowest BCUT2D eigenvalue weighted by Gasteiger charge is -2.34. The van der Waals surface area contributed by atoms with Crippen molar-refractivity contribution in [2.75, 3.05) is 12.8 Å². The zero-order valence-electron chi connectivity index (χ0n) is 12.0. The smallest absolute Gasteiger partial charge is 0.219 e. The van der Waals surface area contributed by atoms with Gasteiger partial charge in [0.2, 0.25) is 5.88 Å². The quantitative estimate of drug-likeness (QED) is 0.906. The van der Waals surface area contributed by atoms with Gasteiger partial charge in [-0.25, -0.2) is 4.98 Å². The van der Waals surface area contributed by atoms with Gasteiger partial charge in [0.25, 0.3) is 0 Å². The van der Waals surface area contributed by atoms with Crippen molar-refractivity contribution in [2.45, 2.75) is 52.2 Å². The fourth-order valence-corrected chi connectivity index (χ4v) is 2.41. The molecular weight excluding hydrogens is 242 g/mol. The maximum atomic E-state index is 5.93. The predicted molar refractivity (Wildman–Crippen MR) is 73.8 cm³/mol. The lowest BCUT2D eigenvalue weighted by atomic mass is 9.76. The molecule has 0 unspecified atom stereocenters. The molecule has 5 heteroatoms. The van der Waals surface area contributed by atoms with Gasteiger partial charge in [0.05, 0.1) is 0 Å². The van der Waals surface area contributed by atoms with Crippen molar-refractivity contribution >= 4 is 5.82 Å². The normalized spacial score (nSPS) is 19.3. The van der Waals surface area contributed by atoms with Gasteiger partial charge in [0, 0.05) is 13.2 Å². The summed E-state index contributed by atoms with van der Waals surface area (Å²) in [5, 5.41) is 0. The fraction of sp³-hybridized carbons (Fsp3) is 0.714. The van der Waals surface area contributed by atoms with E-state index >= 15 is 0 Å². The number of rotatable bonds is 4. The molecule has 106 valence electrons. The molecule has 0 bridgehead atoms. The van der Waals surface area contributed by atoms with Crippen LogP contribution in [0.25, 0.3) is 0 Å². The van der Waals surface area contributed by atoms with Crippen LogP contribution in [0.2, 0.25) is 0 Å². The van der Waals surface area contributed by atoms with Gasteiger partial charge >= 0.3 is 0 Å². The molecular formula is C14H23N3O2. The van der Waals surface area contributed by atoms with Gasteiger partial charge < -0.3 is 15.2 Å². The number of aromatic nitrogens is 2. The molecule has 1 aromatic rings. The number of nitrogens with zero attached hydrogens (tertiary/aromatic N) is 2. The molecule has 0 saturated heterocycles. The Labute approximate surface area is 114 Å². The predicted octanol–water partition coefficient (Wildman–Crippen LogP) is 2.55. The lowest BCUT2D eigenvalue weighted by Crippen LogP contribution is -2.28. The third kappa shape index (κ3) is 4.06. The summed E-state index contributed by atoms with van der Waals surface area (Å²) in [5.74, 6) is 1.55. The van der Waals surface area contributed by atoms with Gasteiger partial charge in [-0.15, -0.1) is 0 Å². The van der Waals surface area contributed by atoms with E-state index in [4.69, 9.17) is 15.2 Å². The van der Waals surface area contributed by atoms with Gasteiger partial charge in [-0.3, -0.25) is 0 Å². The number of methoxy groups -OCH3 is 1. The van der Waals surface area contributed by atoms with Crippen molar-refractivity contribution in [3.63, 3.8) is 0 Å². The Hall–Kier alpha value is -1.36. The average molecular weight is 265 g/mol. The average Bonchev–Trinajstić information content (AvgIpc) is 2.32. The first-order valence-electron chi connectivity index (χ1n) is 6.77. The second-order valence-corrected chi connectivity index (χ2v) is 5.96. The van der Waals surface area contributed by atoms with Crippen LogP contribution in [0.3, 0.4) is 0 Å². The molecule has 0 spiro atoms. The molecule has 1 heterocycles. The standard InChI is InChI=1S/C14H23N3O2/c1-14(2)6-4-10(5-7-14)19-13-8-11(15)16-12(17-13)9-18-3/h8,10H,4-7,9H2,1-3H3,(H2,15,16,17). The summed E-state index contributed by atoms with van der Waals surface area (Å²) in [4.78, 5) is 8.42. The van der Waals surface area contributed by atoms with Gasteiger partial charge in [-0.1, -0.05) is 13.8 Å². The van der Waals surface area contributed by atoms with Crippen LogP contribution in [0.1, 0.15) is 45.4 Å². The van der Waals surface area contributed by atoms with E-state index in [-0.39, 0.29) is 6.10 Å². The van der Waals surface area contributed by atoms with Crippen molar-refractivity contribution < 1.29 is 9.47 Å². The van der Waals surface area contributed by atoms with Gasteiger partial charge in [0.15, 0.2) is 5.82 Å². The first kappa shape index (κ1) is 14.1. The highest BCUT2D eigenvalue weighted by molar-refractivity contribution is 5.32. The minimum Gasteiger partial charge on any atom is -0.474 e. The molecule has 0 aromatic carbocycles. The van der Waals surface area contributed by atoms with Crippen molar-refractivity contribution in [1.29, 1.82) is 0 Å². The fourth-order valence-electron chi connectivity index (χ4n) is 2.41. The highest BCUT2D eigenvalue weighted by Crippen LogP contribution is 2.36. The largest absolute Gasteiger partial charge is 0.474 e. The molecule has 2 N–H and O–H groups in total. The van der Waals surface area contributed by atoms with E-state index in [2.05, 4.69) is 23.8 Å². The van der Waals surface area contributed by atoms with E-state index in [0.29, 0.717) is 29.5 Å². The highest BCUT2D eigenvalue weighted by atomic mass is 16.5. The number of nitrogen functional groups attached to an aromatic ring is 1. The third-order valence-corrected chi connectivity index (χ3v) is 3.62. The molecule has 0 amide bonds. The maximum Gasteiger partial charge on any atom is 0.219 e. The van der Waals surface area contributed by atoms with Crippen LogP contribution in [0.15, 0.2) is 6.07 Å². The Balaban J connectivity index is 1.99. The minimum absolute atomic E-state index is 0.234. The van der Waals surface area contributed by atoms with E-state index in [1.54, 1.807) is 13.2 Å². The molecule has 5 nitrogen and oxygen atoms in total. The van der Waals surface area contributed by atoms with Crippen molar-refractivity contribution in [2.24, 2.45) is 5.41 Å². The Morgan fingerprint density at radius 3 is 2.63 bits per heavy atom. The molecule has 1 saturated carbocycles. The molecule has 1 aliphatic carbocycles. The van der Waals surface area contributed by atoms with E-state index in [1.165, 1.54) is 12.8 Å². The molecule has 1 aliphatic rings. The number of anilines is 1. The van der Waals surface area contributed by atoms with E-state index in [9.17, 15) is 0 Å². The highest BCUT2D eigenvalue weighted by Gasteiger charge is 2.28. The van der Waals surface area contributed by atoms with Crippen LogP contribution in [-0.4, -0.2) is 23.2 Å². The van der Waals surface area contributed by atoms with Crippen molar-refractivity contribution in [3.05, 3.63) is 11.9 Å². The number of hydrogen-bond donors (Lipinski definition) is 1. The summed E-state index contributed by atoms with van der Waals surface area (Å²) in [6.07, 6.45) is 4.73. The Bertz CT molecular complexity index is 425.